The Morgan fingerprint density at radius 3 is 2.46 bits per heavy atom. The van der Waals surface area contributed by atoms with Gasteiger partial charge in [0.1, 0.15) is 23.8 Å². The number of nitrogens with two attached hydrogens (primary N) is 1. The number of hydrogen-bond acceptors (Lipinski definition) is 4. The van der Waals surface area contributed by atoms with Gasteiger partial charge in [-0.15, -0.1) is 0 Å². The predicted molar refractivity (Wildman–Crippen MR) is 91.7 cm³/mol. The first-order valence-corrected chi connectivity index (χ1v) is 7.62. The molecule has 0 atom stereocenters. The molecule has 6 nitrogen and oxygen atoms in total. The molecule has 0 aliphatic carbocycles. The Kier molecular flexibility index (Phi) is 6.45. The zero-order valence-electron chi connectivity index (χ0n) is 14.2. The molecule has 2 aromatic carbocycles. The molecule has 0 saturated carbocycles. The van der Waals surface area contributed by atoms with Gasteiger partial charge in [-0.25, -0.2) is 0 Å². The molecule has 0 unspecified atom stereocenters. The van der Waals surface area contributed by atoms with E-state index in [-0.39, 0.29) is 5.91 Å². The second-order valence-corrected chi connectivity index (χ2v) is 5.16. The van der Waals surface area contributed by atoms with Gasteiger partial charge in [0, 0.05) is 11.6 Å². The SMILES string of the molecule is COc1cccc(C[NH2+]CC(=O)Nc2cc(OC)ccc2OC)c1. The molecule has 24 heavy (non-hydrogen) atoms. The fourth-order valence-electron chi connectivity index (χ4n) is 2.28. The standard InChI is InChI=1S/C18H22N2O4/c1-22-14-6-4-5-13(9-14)11-19-12-18(21)20-16-10-15(23-2)7-8-17(16)24-3/h4-10,19H,11-12H2,1-3H3,(H,20,21)/p+1. The van der Waals surface area contributed by atoms with Crippen LogP contribution in [0.1, 0.15) is 5.56 Å². The van der Waals surface area contributed by atoms with Gasteiger partial charge in [-0.3, -0.25) is 4.79 Å². The molecular formula is C18H23N2O4+. The van der Waals surface area contributed by atoms with E-state index >= 15 is 0 Å². The van der Waals surface area contributed by atoms with E-state index in [0.29, 0.717) is 30.3 Å². The van der Waals surface area contributed by atoms with Crippen molar-refractivity contribution in [3.63, 3.8) is 0 Å². The minimum atomic E-state index is -0.107. The highest BCUT2D eigenvalue weighted by Gasteiger charge is 2.10. The number of ether oxygens (including phenoxy) is 3. The van der Waals surface area contributed by atoms with Crippen LogP contribution in [0.5, 0.6) is 17.2 Å². The summed E-state index contributed by atoms with van der Waals surface area (Å²) < 4.78 is 15.6. The lowest BCUT2D eigenvalue weighted by atomic mass is 10.2. The van der Waals surface area contributed by atoms with Crippen LogP contribution in [0.25, 0.3) is 0 Å². The molecule has 0 bridgehead atoms. The molecular weight excluding hydrogens is 308 g/mol. The molecule has 6 heteroatoms. The predicted octanol–water partition coefficient (Wildman–Crippen LogP) is 1.41. The van der Waals surface area contributed by atoms with Crippen molar-refractivity contribution in [3.05, 3.63) is 48.0 Å². The fourth-order valence-corrected chi connectivity index (χ4v) is 2.28. The number of carbonyl (C=O) groups is 1. The minimum Gasteiger partial charge on any atom is -0.497 e. The lowest BCUT2D eigenvalue weighted by Gasteiger charge is -2.11. The van der Waals surface area contributed by atoms with Crippen molar-refractivity contribution < 1.29 is 24.3 Å². The van der Waals surface area contributed by atoms with E-state index in [0.717, 1.165) is 11.3 Å². The highest BCUT2D eigenvalue weighted by Crippen LogP contribution is 2.28. The van der Waals surface area contributed by atoms with Crippen LogP contribution >= 0.6 is 0 Å². The summed E-state index contributed by atoms with van der Waals surface area (Å²) in [7, 11) is 4.78. The maximum absolute atomic E-state index is 12.1. The number of hydrogen-bond donors (Lipinski definition) is 2. The van der Waals surface area contributed by atoms with E-state index in [9.17, 15) is 4.79 Å². The average molecular weight is 331 g/mol. The molecule has 0 fully saturated rings. The molecule has 0 spiro atoms. The van der Waals surface area contributed by atoms with E-state index in [1.165, 1.54) is 0 Å². The molecule has 0 aliphatic rings. The molecule has 0 aromatic heterocycles. The first-order valence-electron chi connectivity index (χ1n) is 7.62. The van der Waals surface area contributed by atoms with Crippen LogP contribution in [0, 0.1) is 0 Å². The van der Waals surface area contributed by atoms with Crippen molar-refractivity contribution >= 4 is 11.6 Å². The number of anilines is 1. The molecule has 2 rings (SSSR count). The Hall–Kier alpha value is -2.73. The third kappa shape index (κ3) is 4.89. The van der Waals surface area contributed by atoms with Gasteiger partial charge in [-0.1, -0.05) is 12.1 Å². The van der Waals surface area contributed by atoms with E-state index in [4.69, 9.17) is 14.2 Å². The van der Waals surface area contributed by atoms with E-state index in [1.807, 2.05) is 29.6 Å². The van der Waals surface area contributed by atoms with E-state index in [1.54, 1.807) is 39.5 Å². The number of quaternary nitrogens is 1. The van der Waals surface area contributed by atoms with E-state index in [2.05, 4.69) is 5.32 Å². The molecule has 3 N–H and O–H groups in total. The maximum Gasteiger partial charge on any atom is 0.279 e. The smallest absolute Gasteiger partial charge is 0.279 e. The number of nitrogens with one attached hydrogen (secondary N) is 1. The summed E-state index contributed by atoms with van der Waals surface area (Å²) in [5, 5.41) is 4.77. The monoisotopic (exact) mass is 331 g/mol. The molecule has 1 amide bonds. The lowest BCUT2D eigenvalue weighted by molar-refractivity contribution is -0.659. The maximum atomic E-state index is 12.1. The fraction of sp³-hybridized carbons (Fsp3) is 0.278. The topological polar surface area (TPSA) is 73.4 Å². The largest absolute Gasteiger partial charge is 0.497 e. The molecule has 0 radical (unpaired) electrons. The third-order valence-electron chi connectivity index (χ3n) is 3.52. The van der Waals surface area contributed by atoms with Crippen LogP contribution in [0.4, 0.5) is 5.69 Å². The van der Waals surface area contributed by atoms with Crippen LogP contribution in [-0.2, 0) is 11.3 Å². The lowest BCUT2D eigenvalue weighted by Crippen LogP contribution is -2.84. The molecule has 128 valence electrons. The zero-order chi connectivity index (χ0) is 17.4. The molecule has 0 heterocycles. The van der Waals surface area contributed by atoms with Crippen LogP contribution in [0.3, 0.4) is 0 Å². The van der Waals surface area contributed by atoms with Gasteiger partial charge in [0.15, 0.2) is 6.54 Å². The summed E-state index contributed by atoms with van der Waals surface area (Å²) in [4.78, 5) is 12.1. The number of carbonyl (C=O) groups excluding carboxylic acids is 1. The van der Waals surface area contributed by atoms with Gasteiger partial charge in [0.05, 0.1) is 27.0 Å². The van der Waals surface area contributed by atoms with Crippen molar-refractivity contribution in [3.8, 4) is 17.2 Å². The normalized spacial score (nSPS) is 10.1. The Morgan fingerprint density at radius 1 is 1.00 bits per heavy atom. The third-order valence-corrected chi connectivity index (χ3v) is 3.52. The van der Waals surface area contributed by atoms with Gasteiger partial charge in [0.2, 0.25) is 0 Å². The number of benzene rings is 2. The Balaban J connectivity index is 1.89. The molecule has 2 aromatic rings. The quantitative estimate of drug-likeness (QED) is 0.767. The minimum absolute atomic E-state index is 0.107. The van der Waals surface area contributed by atoms with Crippen LogP contribution in [0.15, 0.2) is 42.5 Å². The van der Waals surface area contributed by atoms with Crippen molar-refractivity contribution in [2.45, 2.75) is 6.54 Å². The first-order chi connectivity index (χ1) is 11.7. The van der Waals surface area contributed by atoms with E-state index < -0.39 is 0 Å². The second kappa shape index (κ2) is 8.79. The van der Waals surface area contributed by atoms with Gasteiger partial charge >= 0.3 is 0 Å². The van der Waals surface area contributed by atoms with Crippen molar-refractivity contribution in [1.29, 1.82) is 0 Å². The number of amides is 1. The Labute approximate surface area is 141 Å². The first kappa shape index (κ1) is 17.6. The Bertz CT molecular complexity index is 688. The summed E-state index contributed by atoms with van der Waals surface area (Å²) in [6.07, 6.45) is 0. The number of rotatable bonds is 8. The Morgan fingerprint density at radius 2 is 1.75 bits per heavy atom. The summed E-state index contributed by atoms with van der Waals surface area (Å²) in [6, 6.07) is 13.1. The van der Waals surface area contributed by atoms with Gasteiger partial charge < -0.3 is 24.8 Å². The number of methoxy groups -OCH3 is 3. The van der Waals surface area contributed by atoms with Crippen LogP contribution in [0.2, 0.25) is 0 Å². The van der Waals surface area contributed by atoms with Crippen molar-refractivity contribution in [2.24, 2.45) is 0 Å². The highest BCUT2D eigenvalue weighted by atomic mass is 16.5. The van der Waals surface area contributed by atoms with Gasteiger partial charge in [0.25, 0.3) is 5.91 Å². The van der Waals surface area contributed by atoms with Gasteiger partial charge in [-0.05, 0) is 24.3 Å². The molecule has 0 saturated heterocycles. The van der Waals surface area contributed by atoms with Crippen molar-refractivity contribution in [1.82, 2.24) is 0 Å². The second-order valence-electron chi connectivity index (χ2n) is 5.16. The summed E-state index contributed by atoms with van der Waals surface area (Å²) in [6.45, 7) is 0.997. The van der Waals surface area contributed by atoms with Crippen LogP contribution in [-0.4, -0.2) is 33.8 Å². The van der Waals surface area contributed by atoms with Gasteiger partial charge in [-0.2, -0.15) is 0 Å². The summed E-state index contributed by atoms with van der Waals surface area (Å²) >= 11 is 0. The van der Waals surface area contributed by atoms with Crippen LogP contribution < -0.4 is 24.8 Å². The molecule has 0 aliphatic heterocycles. The summed E-state index contributed by atoms with van der Waals surface area (Å²) in [5.41, 5.74) is 1.69. The zero-order valence-corrected chi connectivity index (χ0v) is 14.2. The van der Waals surface area contributed by atoms with Crippen molar-refractivity contribution in [2.75, 3.05) is 33.2 Å². The highest BCUT2D eigenvalue weighted by molar-refractivity contribution is 5.93. The summed E-state index contributed by atoms with van der Waals surface area (Å²) in [5.74, 6) is 1.96. The average Bonchev–Trinajstić information content (AvgIpc) is 2.61.